The molecule has 2 aliphatic carbocycles. The van der Waals surface area contributed by atoms with Gasteiger partial charge in [0.25, 0.3) is 0 Å². The molecule has 0 amide bonds. The highest BCUT2D eigenvalue weighted by molar-refractivity contribution is 6.14. The fourth-order valence-corrected chi connectivity index (χ4v) is 9.83. The average Bonchev–Trinajstić information content (AvgIpc) is 3.66. The molecule has 0 unspecified atom stereocenters. The molecular weight excluding hydrogens is 605 g/mol. The number of rotatable bonds is 1. The van der Waals surface area contributed by atoms with E-state index >= 15 is 0 Å². The third-order valence-corrected chi connectivity index (χ3v) is 11.7. The topological polar surface area (TPSA) is 9.23 Å². The molecule has 9 aromatic rings. The van der Waals surface area contributed by atoms with Gasteiger partial charge >= 0.3 is 0 Å². The smallest absolute Gasteiger partial charge is 0.135 e. The summed E-state index contributed by atoms with van der Waals surface area (Å²) in [6, 6.07) is 63.0. The van der Waals surface area contributed by atoms with Gasteiger partial charge in [-0.05, 0) is 100 Å². The monoisotopic (exact) mass is 632 g/mol. The summed E-state index contributed by atoms with van der Waals surface area (Å²) in [7, 11) is 0. The molecule has 50 heavy (non-hydrogen) atoms. The molecule has 230 valence electrons. The van der Waals surface area contributed by atoms with E-state index in [1.807, 2.05) is 6.07 Å². The maximum absolute atomic E-state index is 6.53. The third-order valence-electron chi connectivity index (χ3n) is 11.7. The Morgan fingerprint density at radius 2 is 0.880 bits per heavy atom. The molecule has 3 aliphatic rings. The molecule has 0 aromatic heterocycles. The van der Waals surface area contributed by atoms with E-state index in [9.17, 15) is 0 Å². The van der Waals surface area contributed by atoms with Crippen LogP contribution in [0.2, 0.25) is 0 Å². The molecule has 0 fully saturated rings. The molecular formula is C49H28O. The summed E-state index contributed by atoms with van der Waals surface area (Å²) in [6.07, 6.45) is 0. The van der Waals surface area contributed by atoms with Crippen molar-refractivity contribution in [1.29, 1.82) is 0 Å². The molecule has 12 rings (SSSR count). The highest BCUT2D eigenvalue weighted by Crippen LogP contribution is 2.66. The van der Waals surface area contributed by atoms with Gasteiger partial charge in [-0.1, -0.05) is 158 Å². The minimum atomic E-state index is -0.483. The summed E-state index contributed by atoms with van der Waals surface area (Å²) in [4.78, 5) is 0. The van der Waals surface area contributed by atoms with E-state index in [0.717, 1.165) is 17.1 Å². The normalized spacial score (nSPS) is 13.9. The van der Waals surface area contributed by atoms with Crippen LogP contribution in [0.25, 0.3) is 76.8 Å². The summed E-state index contributed by atoms with van der Waals surface area (Å²) in [6.45, 7) is 0. The van der Waals surface area contributed by atoms with Gasteiger partial charge < -0.3 is 4.74 Å². The van der Waals surface area contributed by atoms with Crippen molar-refractivity contribution < 1.29 is 4.74 Å². The molecule has 0 saturated carbocycles. The summed E-state index contributed by atoms with van der Waals surface area (Å²) < 4.78 is 6.53. The van der Waals surface area contributed by atoms with Gasteiger partial charge in [0.2, 0.25) is 0 Å². The predicted molar refractivity (Wildman–Crippen MR) is 206 cm³/mol. The molecule has 0 N–H and O–H groups in total. The SMILES string of the molecule is c1ccc2c(c1)Oc1ccc(-c3cccc4c3-c3ccccc3C43c4c(ccc5ccccc45)-c4ccc5ccccc5c43)c3cccc-2c13. The summed E-state index contributed by atoms with van der Waals surface area (Å²) in [5.74, 6) is 1.83. The molecule has 1 spiro atoms. The quantitative estimate of drug-likeness (QED) is 0.175. The van der Waals surface area contributed by atoms with Crippen molar-refractivity contribution in [1.82, 2.24) is 0 Å². The second kappa shape index (κ2) is 9.37. The lowest BCUT2D eigenvalue weighted by molar-refractivity contribution is 0.487. The van der Waals surface area contributed by atoms with Crippen LogP contribution < -0.4 is 4.74 Å². The highest BCUT2D eigenvalue weighted by atomic mass is 16.5. The van der Waals surface area contributed by atoms with Crippen LogP contribution in [0.1, 0.15) is 22.3 Å². The van der Waals surface area contributed by atoms with Gasteiger partial charge in [-0.2, -0.15) is 0 Å². The summed E-state index contributed by atoms with van der Waals surface area (Å²) in [5, 5.41) is 7.56. The largest absolute Gasteiger partial charge is 0.456 e. The van der Waals surface area contributed by atoms with Crippen LogP contribution in [0.5, 0.6) is 11.5 Å². The van der Waals surface area contributed by atoms with Gasteiger partial charge in [-0.25, -0.2) is 0 Å². The van der Waals surface area contributed by atoms with Crippen LogP contribution in [-0.4, -0.2) is 0 Å². The van der Waals surface area contributed by atoms with Gasteiger partial charge in [0.05, 0.1) is 5.41 Å². The molecule has 1 aliphatic heterocycles. The number of hydrogen-bond donors (Lipinski definition) is 0. The second-order valence-corrected chi connectivity index (χ2v) is 13.9. The molecule has 1 heterocycles. The van der Waals surface area contributed by atoms with Crippen LogP contribution in [0.3, 0.4) is 0 Å². The van der Waals surface area contributed by atoms with Crippen molar-refractivity contribution >= 4 is 32.3 Å². The van der Waals surface area contributed by atoms with E-state index in [1.165, 1.54) is 93.5 Å². The first-order valence-corrected chi connectivity index (χ1v) is 17.4. The molecule has 0 saturated heterocycles. The lowest BCUT2D eigenvalue weighted by Crippen LogP contribution is -2.26. The molecule has 0 bridgehead atoms. The lowest BCUT2D eigenvalue weighted by Gasteiger charge is -2.32. The molecule has 1 heteroatoms. The maximum Gasteiger partial charge on any atom is 0.135 e. The van der Waals surface area contributed by atoms with Crippen molar-refractivity contribution in [3.05, 3.63) is 192 Å². The van der Waals surface area contributed by atoms with E-state index in [2.05, 4.69) is 164 Å². The summed E-state index contributed by atoms with van der Waals surface area (Å²) >= 11 is 0. The first kappa shape index (κ1) is 26.5. The highest BCUT2D eigenvalue weighted by Gasteiger charge is 2.53. The Bertz CT molecular complexity index is 2880. The van der Waals surface area contributed by atoms with Crippen LogP contribution in [-0.2, 0) is 5.41 Å². The molecule has 9 aromatic carbocycles. The third kappa shape index (κ3) is 3.10. The fourth-order valence-electron chi connectivity index (χ4n) is 9.83. The summed E-state index contributed by atoms with van der Waals surface area (Å²) in [5.41, 5.74) is 15.1. The Morgan fingerprint density at radius 3 is 1.66 bits per heavy atom. The lowest BCUT2D eigenvalue weighted by atomic mass is 9.68. The Balaban J connectivity index is 1.24. The van der Waals surface area contributed by atoms with Crippen LogP contribution >= 0.6 is 0 Å². The van der Waals surface area contributed by atoms with E-state index in [1.54, 1.807) is 0 Å². The van der Waals surface area contributed by atoms with Gasteiger partial charge in [0.15, 0.2) is 0 Å². The Morgan fingerprint density at radius 1 is 0.320 bits per heavy atom. The number of fused-ring (bicyclic) bond motifs is 16. The Hall–Kier alpha value is -6.44. The number of para-hydroxylation sites is 1. The standard InChI is InChI=1S/C49H28O/c1-3-13-31-29(11-1)23-25-38-39-26-24-30-12-2-4-14-32(30)48(39)49(47(31)38)41-20-7-5-16-40(41)45-35(19-10-21-42(45)49)33-27-28-44-46-36(33)17-9-18-37(46)34-15-6-8-22-43(34)50-44/h1-28H. The first-order chi connectivity index (χ1) is 24.8. The molecule has 0 radical (unpaired) electrons. The van der Waals surface area contributed by atoms with E-state index < -0.39 is 5.41 Å². The Labute approximate surface area is 289 Å². The zero-order chi connectivity index (χ0) is 32.6. The zero-order valence-corrected chi connectivity index (χ0v) is 27.1. The van der Waals surface area contributed by atoms with Crippen LogP contribution in [0.4, 0.5) is 0 Å². The van der Waals surface area contributed by atoms with Gasteiger partial charge in [0.1, 0.15) is 11.5 Å². The minimum absolute atomic E-state index is 0.483. The van der Waals surface area contributed by atoms with Gasteiger partial charge in [-0.15, -0.1) is 0 Å². The van der Waals surface area contributed by atoms with Crippen molar-refractivity contribution in [3.8, 4) is 56.0 Å². The number of ether oxygens (including phenoxy) is 1. The average molecular weight is 633 g/mol. The van der Waals surface area contributed by atoms with E-state index in [4.69, 9.17) is 4.74 Å². The number of hydrogen-bond acceptors (Lipinski definition) is 1. The van der Waals surface area contributed by atoms with Crippen molar-refractivity contribution in [3.63, 3.8) is 0 Å². The second-order valence-electron chi connectivity index (χ2n) is 13.9. The van der Waals surface area contributed by atoms with Crippen LogP contribution in [0, 0.1) is 0 Å². The van der Waals surface area contributed by atoms with Gasteiger partial charge in [-0.3, -0.25) is 0 Å². The van der Waals surface area contributed by atoms with Crippen molar-refractivity contribution in [2.24, 2.45) is 0 Å². The first-order valence-electron chi connectivity index (χ1n) is 17.4. The van der Waals surface area contributed by atoms with Crippen molar-refractivity contribution in [2.45, 2.75) is 5.41 Å². The van der Waals surface area contributed by atoms with Crippen LogP contribution in [0.15, 0.2) is 170 Å². The predicted octanol–water partition coefficient (Wildman–Crippen LogP) is 12.9. The Kier molecular flexibility index (Phi) is 4.97. The maximum atomic E-state index is 6.53. The van der Waals surface area contributed by atoms with Crippen molar-refractivity contribution in [2.75, 3.05) is 0 Å². The number of benzene rings is 9. The minimum Gasteiger partial charge on any atom is -0.456 e. The fraction of sp³-hybridized carbons (Fsp3) is 0.0204. The van der Waals surface area contributed by atoms with E-state index in [-0.39, 0.29) is 0 Å². The molecule has 0 atom stereocenters. The zero-order valence-electron chi connectivity index (χ0n) is 27.1. The molecule has 1 nitrogen and oxygen atoms in total. The van der Waals surface area contributed by atoms with E-state index in [0.29, 0.717) is 0 Å². The van der Waals surface area contributed by atoms with Gasteiger partial charge in [0, 0.05) is 10.9 Å².